The first-order valence-corrected chi connectivity index (χ1v) is 13.3. The second-order valence-corrected chi connectivity index (χ2v) is 10.1. The number of rotatable bonds is 12. The van der Waals surface area contributed by atoms with Crippen LogP contribution in [0.15, 0.2) is 18.2 Å². The highest BCUT2D eigenvalue weighted by Crippen LogP contribution is 2.33. The SMILES string of the molecule is CCCC(=O)C[C@H]1[C@H](C)OC(=O)[C@@H](NC(=O)c2cccc(NC=O)c2O)[C@@H](C)OC(=O)[C@@H]1C[C@H](C)CCC. The lowest BCUT2D eigenvalue weighted by molar-refractivity contribution is -0.157. The summed E-state index contributed by atoms with van der Waals surface area (Å²) in [5, 5.41) is 15.2. The Labute approximate surface area is 223 Å². The van der Waals surface area contributed by atoms with Crippen molar-refractivity contribution in [2.24, 2.45) is 17.8 Å². The highest BCUT2D eigenvalue weighted by molar-refractivity contribution is 6.01. The predicted molar refractivity (Wildman–Crippen MR) is 140 cm³/mol. The largest absolute Gasteiger partial charge is 0.505 e. The molecule has 0 unspecified atom stereocenters. The Morgan fingerprint density at radius 3 is 2.39 bits per heavy atom. The van der Waals surface area contributed by atoms with Gasteiger partial charge in [-0.2, -0.15) is 0 Å². The lowest BCUT2D eigenvalue weighted by Gasteiger charge is -2.30. The van der Waals surface area contributed by atoms with Crippen molar-refractivity contribution in [1.82, 2.24) is 5.32 Å². The standard InChI is InChI=1S/C28H40N2O8/c1-6-9-16(3)13-22-21(14-19(32)10-7-2)17(4)37-28(36)24(18(5)38-27(22)35)30-26(34)20-11-8-12-23(25(20)33)29-15-31/h8,11-12,15-18,21-22,24,33H,6-7,9-10,13-14H2,1-5H3,(H,29,31)(H,30,34)/t16-,17+,18-,21+,22-,24+/m1/s1. The number of Topliss-reactive ketones (excluding diaryl/α,β-unsaturated/α-hetero) is 1. The zero-order chi connectivity index (χ0) is 28.4. The lowest BCUT2D eigenvalue weighted by atomic mass is 9.78. The molecule has 1 aliphatic heterocycles. The number of phenols is 1. The number of carbonyl (C=O) groups is 5. The number of ether oxygens (including phenoxy) is 2. The molecule has 10 heteroatoms. The molecule has 0 saturated carbocycles. The van der Waals surface area contributed by atoms with Crippen LogP contribution in [0.4, 0.5) is 5.69 Å². The van der Waals surface area contributed by atoms with Gasteiger partial charge in [0.1, 0.15) is 18.0 Å². The number of ketones is 1. The predicted octanol–water partition coefficient (Wildman–Crippen LogP) is 3.75. The molecule has 210 valence electrons. The number of esters is 2. The summed E-state index contributed by atoms with van der Waals surface area (Å²) >= 11 is 0. The van der Waals surface area contributed by atoms with Crippen molar-refractivity contribution in [1.29, 1.82) is 0 Å². The molecule has 1 saturated heterocycles. The molecule has 0 aromatic heterocycles. The van der Waals surface area contributed by atoms with E-state index in [1.807, 2.05) is 13.8 Å². The summed E-state index contributed by atoms with van der Waals surface area (Å²) in [5.74, 6) is -3.72. The topological polar surface area (TPSA) is 148 Å². The van der Waals surface area contributed by atoms with Gasteiger partial charge in [0.2, 0.25) is 6.41 Å². The molecule has 1 fully saturated rings. The van der Waals surface area contributed by atoms with Gasteiger partial charge in [-0.15, -0.1) is 0 Å². The van der Waals surface area contributed by atoms with Crippen LogP contribution >= 0.6 is 0 Å². The van der Waals surface area contributed by atoms with E-state index < -0.39 is 53.7 Å². The molecule has 0 aliphatic carbocycles. The van der Waals surface area contributed by atoms with E-state index in [1.165, 1.54) is 25.1 Å². The van der Waals surface area contributed by atoms with E-state index >= 15 is 0 Å². The molecule has 6 atom stereocenters. The van der Waals surface area contributed by atoms with E-state index in [0.717, 1.165) is 12.8 Å². The van der Waals surface area contributed by atoms with Gasteiger partial charge in [0, 0.05) is 18.8 Å². The van der Waals surface area contributed by atoms with E-state index in [2.05, 4.69) is 17.6 Å². The smallest absolute Gasteiger partial charge is 0.332 e. The van der Waals surface area contributed by atoms with Gasteiger partial charge in [0.25, 0.3) is 5.91 Å². The van der Waals surface area contributed by atoms with Crippen molar-refractivity contribution in [2.75, 3.05) is 5.32 Å². The van der Waals surface area contributed by atoms with E-state index in [9.17, 15) is 29.1 Å². The Hall–Kier alpha value is -3.43. The monoisotopic (exact) mass is 532 g/mol. The number of para-hydroxylation sites is 1. The number of anilines is 1. The summed E-state index contributed by atoms with van der Waals surface area (Å²) in [6.07, 6.45) is 1.91. The molecule has 0 radical (unpaired) electrons. The molecular weight excluding hydrogens is 492 g/mol. The highest BCUT2D eigenvalue weighted by Gasteiger charge is 2.43. The van der Waals surface area contributed by atoms with Crippen LogP contribution in [0.5, 0.6) is 5.75 Å². The molecule has 0 spiro atoms. The first-order chi connectivity index (χ1) is 18.0. The molecule has 1 aromatic carbocycles. The zero-order valence-corrected chi connectivity index (χ0v) is 22.8. The maximum atomic E-state index is 13.4. The van der Waals surface area contributed by atoms with Crippen LogP contribution in [0.2, 0.25) is 0 Å². The van der Waals surface area contributed by atoms with Crippen LogP contribution in [0.1, 0.15) is 83.5 Å². The summed E-state index contributed by atoms with van der Waals surface area (Å²) in [6, 6.07) is 2.81. The fourth-order valence-corrected chi connectivity index (χ4v) is 4.95. The number of amides is 2. The minimum Gasteiger partial charge on any atom is -0.505 e. The van der Waals surface area contributed by atoms with Gasteiger partial charge in [0.15, 0.2) is 11.8 Å². The molecule has 1 heterocycles. The number of carbonyl (C=O) groups excluding carboxylic acids is 5. The molecule has 0 bridgehead atoms. The fourth-order valence-electron chi connectivity index (χ4n) is 4.95. The Kier molecular flexibility index (Phi) is 11.7. The van der Waals surface area contributed by atoms with Gasteiger partial charge >= 0.3 is 11.9 Å². The van der Waals surface area contributed by atoms with Crippen molar-refractivity contribution < 1.29 is 38.6 Å². The van der Waals surface area contributed by atoms with Crippen LogP contribution in [-0.4, -0.2) is 53.4 Å². The maximum Gasteiger partial charge on any atom is 0.332 e. The Morgan fingerprint density at radius 2 is 1.76 bits per heavy atom. The molecule has 1 aromatic rings. The Morgan fingerprint density at radius 1 is 1.08 bits per heavy atom. The normalized spacial score (nSPS) is 24.6. The maximum absolute atomic E-state index is 13.4. The quantitative estimate of drug-likeness (QED) is 0.209. The van der Waals surface area contributed by atoms with Crippen LogP contribution in [0.25, 0.3) is 0 Å². The summed E-state index contributed by atoms with van der Waals surface area (Å²) in [7, 11) is 0. The summed E-state index contributed by atoms with van der Waals surface area (Å²) in [4.78, 5) is 63.1. The molecule has 10 nitrogen and oxygen atoms in total. The molecular formula is C28H40N2O8. The second kappa shape index (κ2) is 14.5. The van der Waals surface area contributed by atoms with Crippen molar-refractivity contribution >= 4 is 35.7 Å². The van der Waals surface area contributed by atoms with E-state index in [4.69, 9.17) is 9.47 Å². The minimum absolute atomic E-state index is 0.0152. The van der Waals surface area contributed by atoms with Crippen molar-refractivity contribution in [3.05, 3.63) is 23.8 Å². The third-order valence-electron chi connectivity index (χ3n) is 6.96. The van der Waals surface area contributed by atoms with Crippen LogP contribution in [-0.2, 0) is 28.7 Å². The lowest BCUT2D eigenvalue weighted by Crippen LogP contribution is -2.50. The highest BCUT2D eigenvalue weighted by atomic mass is 16.6. The summed E-state index contributed by atoms with van der Waals surface area (Å²) < 4.78 is 11.4. The zero-order valence-electron chi connectivity index (χ0n) is 22.8. The Balaban J connectivity index is 2.37. The number of hydrogen-bond donors (Lipinski definition) is 3. The average Bonchev–Trinajstić information content (AvgIpc) is 2.87. The Bertz CT molecular complexity index is 1010. The van der Waals surface area contributed by atoms with Crippen molar-refractivity contribution in [3.63, 3.8) is 0 Å². The van der Waals surface area contributed by atoms with Crippen molar-refractivity contribution in [2.45, 2.75) is 91.4 Å². The fraction of sp³-hybridized carbons (Fsp3) is 0.607. The summed E-state index contributed by atoms with van der Waals surface area (Å²) in [5.41, 5.74) is -0.174. The van der Waals surface area contributed by atoms with Gasteiger partial charge in [-0.05, 0) is 44.7 Å². The summed E-state index contributed by atoms with van der Waals surface area (Å²) in [6.45, 7) is 9.13. The number of cyclic esters (lactones) is 2. The van der Waals surface area contributed by atoms with Gasteiger partial charge in [-0.1, -0.05) is 39.7 Å². The van der Waals surface area contributed by atoms with Gasteiger partial charge in [-0.3, -0.25) is 19.2 Å². The van der Waals surface area contributed by atoms with Gasteiger partial charge in [-0.25, -0.2) is 4.79 Å². The number of aromatic hydroxyl groups is 1. The average molecular weight is 533 g/mol. The van der Waals surface area contributed by atoms with Gasteiger partial charge < -0.3 is 25.2 Å². The van der Waals surface area contributed by atoms with E-state index in [1.54, 1.807) is 6.92 Å². The molecule has 2 rings (SSSR count). The molecule has 1 aliphatic rings. The third-order valence-corrected chi connectivity index (χ3v) is 6.96. The first kappa shape index (κ1) is 30.8. The van der Waals surface area contributed by atoms with Crippen LogP contribution in [0, 0.1) is 17.8 Å². The third kappa shape index (κ3) is 8.03. The van der Waals surface area contributed by atoms with Crippen LogP contribution in [0.3, 0.4) is 0 Å². The van der Waals surface area contributed by atoms with E-state index in [0.29, 0.717) is 25.7 Å². The number of benzene rings is 1. The number of nitrogens with one attached hydrogen (secondary N) is 2. The first-order valence-electron chi connectivity index (χ1n) is 13.3. The van der Waals surface area contributed by atoms with Crippen LogP contribution < -0.4 is 10.6 Å². The molecule has 2 amide bonds. The molecule has 3 N–H and O–H groups in total. The molecule has 38 heavy (non-hydrogen) atoms. The second-order valence-electron chi connectivity index (χ2n) is 10.1. The number of phenolic OH excluding ortho intramolecular Hbond substituents is 1. The van der Waals surface area contributed by atoms with Crippen molar-refractivity contribution in [3.8, 4) is 5.75 Å². The minimum atomic E-state index is -1.37. The van der Waals surface area contributed by atoms with E-state index in [-0.39, 0.29) is 29.4 Å². The van der Waals surface area contributed by atoms with Gasteiger partial charge in [0.05, 0.1) is 17.2 Å². The number of hydrogen-bond acceptors (Lipinski definition) is 8.